The molecular formula is C32H37F2N5O3. The number of carbonyl (C=O) groups is 3. The number of nitrogens with zero attached hydrogens (tertiary/aromatic N) is 4. The third kappa shape index (κ3) is 4.89. The van der Waals surface area contributed by atoms with Crippen LogP contribution in [0.3, 0.4) is 0 Å². The van der Waals surface area contributed by atoms with E-state index in [0.29, 0.717) is 67.5 Å². The highest BCUT2D eigenvalue weighted by atomic mass is 19.1. The van der Waals surface area contributed by atoms with Crippen molar-refractivity contribution in [3.05, 3.63) is 59.8 Å². The fourth-order valence-electron chi connectivity index (χ4n) is 7.17. The van der Waals surface area contributed by atoms with E-state index in [-0.39, 0.29) is 47.1 Å². The fourth-order valence-corrected chi connectivity index (χ4v) is 7.17. The Morgan fingerprint density at radius 1 is 1.12 bits per heavy atom. The first kappa shape index (κ1) is 28.5. The summed E-state index contributed by atoms with van der Waals surface area (Å²) in [7, 11) is 0. The molecule has 1 N–H and O–H groups in total. The number of halogens is 2. The van der Waals surface area contributed by atoms with Crippen molar-refractivity contribution in [3.8, 4) is 5.69 Å². The second-order valence-corrected chi connectivity index (χ2v) is 12.1. The number of nitrogens with one attached hydrogen (secondary N) is 1. The molecule has 2 aromatic heterocycles. The lowest BCUT2D eigenvalue weighted by Gasteiger charge is -2.35. The quantitative estimate of drug-likeness (QED) is 0.417. The number of alkyl halides is 1. The summed E-state index contributed by atoms with van der Waals surface area (Å²) in [5.74, 6) is -1.44. The highest BCUT2D eigenvalue weighted by Crippen LogP contribution is 2.39. The molecule has 1 aromatic carbocycles. The van der Waals surface area contributed by atoms with Crippen molar-refractivity contribution in [1.82, 2.24) is 24.7 Å². The van der Waals surface area contributed by atoms with E-state index in [4.69, 9.17) is 0 Å². The Kier molecular flexibility index (Phi) is 7.59. The lowest BCUT2D eigenvalue weighted by molar-refractivity contribution is -0.136. The zero-order valence-electron chi connectivity index (χ0n) is 24.2. The van der Waals surface area contributed by atoms with Gasteiger partial charge in [-0.1, -0.05) is 0 Å². The first-order valence-corrected chi connectivity index (χ1v) is 15.0. The summed E-state index contributed by atoms with van der Waals surface area (Å²) in [5, 5.41) is 3.99. The van der Waals surface area contributed by atoms with E-state index < -0.39 is 18.0 Å². The largest absolute Gasteiger partial charge is 0.341 e. The molecule has 0 spiro atoms. The van der Waals surface area contributed by atoms with Gasteiger partial charge in [-0.3, -0.25) is 19.4 Å². The Morgan fingerprint density at radius 3 is 2.55 bits per heavy atom. The number of hydrogen-bond acceptors (Lipinski definition) is 5. The van der Waals surface area contributed by atoms with Crippen molar-refractivity contribution in [2.24, 2.45) is 11.8 Å². The summed E-state index contributed by atoms with van der Waals surface area (Å²) in [6.07, 6.45) is 6.29. The van der Waals surface area contributed by atoms with Gasteiger partial charge in [0.25, 0.3) is 5.91 Å². The van der Waals surface area contributed by atoms with Gasteiger partial charge < -0.3 is 19.7 Å². The molecule has 6 rings (SSSR count). The van der Waals surface area contributed by atoms with Gasteiger partial charge in [-0.25, -0.2) is 8.78 Å². The molecule has 0 radical (unpaired) electrons. The Labute approximate surface area is 244 Å². The molecule has 2 bridgehead atoms. The molecule has 1 saturated carbocycles. The van der Waals surface area contributed by atoms with Crippen LogP contribution in [-0.4, -0.2) is 80.9 Å². The maximum atomic E-state index is 14.4. The van der Waals surface area contributed by atoms with Crippen LogP contribution in [0, 0.1) is 17.7 Å². The van der Waals surface area contributed by atoms with E-state index in [1.54, 1.807) is 45.1 Å². The predicted molar refractivity (Wildman–Crippen MR) is 155 cm³/mol. The zero-order valence-corrected chi connectivity index (χ0v) is 24.2. The number of amides is 2. The first-order chi connectivity index (χ1) is 20.2. The van der Waals surface area contributed by atoms with Crippen molar-refractivity contribution < 1.29 is 23.2 Å². The van der Waals surface area contributed by atoms with Crippen molar-refractivity contribution in [2.45, 2.75) is 70.8 Å². The summed E-state index contributed by atoms with van der Waals surface area (Å²) in [5.41, 5.74) is 1.83. The Hall–Kier alpha value is -3.66. The van der Waals surface area contributed by atoms with Crippen molar-refractivity contribution >= 4 is 28.5 Å². The topological polar surface area (TPSA) is 87.5 Å². The summed E-state index contributed by atoms with van der Waals surface area (Å²) < 4.78 is 30.5. The van der Waals surface area contributed by atoms with Crippen LogP contribution in [-0.2, 0) is 4.79 Å². The maximum Gasteiger partial charge on any atom is 0.256 e. The number of likely N-dealkylation sites (tertiary alicyclic amines) is 1. The average molecular weight is 578 g/mol. The van der Waals surface area contributed by atoms with E-state index in [1.165, 1.54) is 12.1 Å². The maximum absolute atomic E-state index is 14.4. The third-order valence-corrected chi connectivity index (χ3v) is 9.36. The molecule has 3 fully saturated rings. The summed E-state index contributed by atoms with van der Waals surface area (Å²) in [6.45, 7) is 7.07. The van der Waals surface area contributed by atoms with Crippen molar-refractivity contribution in [1.29, 1.82) is 0 Å². The number of benzene rings is 1. The lowest BCUT2D eigenvalue weighted by atomic mass is 9.88. The predicted octanol–water partition coefficient (Wildman–Crippen LogP) is 4.54. The van der Waals surface area contributed by atoms with E-state index in [0.717, 1.165) is 0 Å². The fraction of sp³-hybridized carbons (Fsp3) is 0.500. The number of pyridine rings is 1. The van der Waals surface area contributed by atoms with Gasteiger partial charge in [0.1, 0.15) is 12.0 Å². The molecule has 1 aliphatic carbocycles. The van der Waals surface area contributed by atoms with Crippen molar-refractivity contribution in [2.75, 3.05) is 19.6 Å². The minimum absolute atomic E-state index is 0.0359. The van der Waals surface area contributed by atoms with Crippen LogP contribution in [0.5, 0.6) is 0 Å². The molecule has 10 heteroatoms. The van der Waals surface area contributed by atoms with Crippen LogP contribution in [0.2, 0.25) is 0 Å². The number of fused-ring (bicyclic) bond motifs is 3. The molecule has 0 unspecified atom stereocenters. The van der Waals surface area contributed by atoms with Crippen LogP contribution in [0.15, 0.2) is 42.9 Å². The molecule has 4 atom stereocenters. The SMILES string of the molecule is CCN(C(=O)c1cc(F)ccc1-n1cc(C(=O)C2CCN(C(=O)[C@H]3N[C@H]4C[C@@H]3[C@@H](F)C4)CC2)c2ccncc21)C(C)C. The van der Waals surface area contributed by atoms with Crippen LogP contribution in [0.1, 0.15) is 67.2 Å². The highest BCUT2D eigenvalue weighted by Gasteiger charge is 2.50. The number of ketones is 1. The Morgan fingerprint density at radius 2 is 1.88 bits per heavy atom. The zero-order chi connectivity index (χ0) is 29.7. The minimum Gasteiger partial charge on any atom is -0.341 e. The third-order valence-electron chi connectivity index (χ3n) is 9.36. The van der Waals surface area contributed by atoms with Gasteiger partial charge in [-0.15, -0.1) is 0 Å². The monoisotopic (exact) mass is 577 g/mol. The second-order valence-electron chi connectivity index (χ2n) is 12.1. The number of carbonyl (C=O) groups excluding carboxylic acids is 3. The normalized spacial score (nSPS) is 24.1. The molecule has 3 aromatic rings. The van der Waals surface area contributed by atoms with E-state index >= 15 is 0 Å². The number of rotatable bonds is 7. The highest BCUT2D eigenvalue weighted by molar-refractivity contribution is 6.10. The Bertz CT molecular complexity index is 1530. The Balaban J connectivity index is 1.26. The molecule has 2 amide bonds. The summed E-state index contributed by atoms with van der Waals surface area (Å²) >= 11 is 0. The standard InChI is InChI=1S/C32H37F2N5O3/c1-4-38(18(2)3)31(41)24-13-20(33)5-6-27(24)39-17-25(22-7-10-35-16-28(22)39)30(40)19-8-11-37(12-9-19)32(42)29-23-14-21(36-29)15-26(23)34/h5-7,10,13,16-19,21,23,26,29,36H,4,8-9,11-12,14-15H2,1-3H3/t21-,23+,26-,29-/m0/s1. The van der Waals surface area contributed by atoms with Gasteiger partial charge >= 0.3 is 0 Å². The average Bonchev–Trinajstić information content (AvgIpc) is 3.69. The van der Waals surface area contributed by atoms with E-state index in [9.17, 15) is 23.2 Å². The minimum atomic E-state index is -0.927. The van der Waals surface area contributed by atoms with Crippen LogP contribution in [0.25, 0.3) is 16.6 Å². The first-order valence-electron chi connectivity index (χ1n) is 15.0. The van der Waals surface area contributed by atoms with Gasteiger partial charge in [0, 0.05) is 66.9 Å². The molecule has 4 heterocycles. The molecule has 42 heavy (non-hydrogen) atoms. The molecule has 222 valence electrons. The number of aromatic nitrogens is 2. The van der Waals surface area contributed by atoms with E-state index in [1.807, 2.05) is 20.8 Å². The van der Waals surface area contributed by atoms with Gasteiger partial charge in [-0.2, -0.15) is 0 Å². The van der Waals surface area contributed by atoms with Crippen LogP contribution in [0.4, 0.5) is 8.78 Å². The molecule has 2 aliphatic heterocycles. The summed E-state index contributed by atoms with van der Waals surface area (Å²) in [4.78, 5) is 48.3. The van der Waals surface area contributed by atoms with Gasteiger partial charge in [0.15, 0.2) is 5.78 Å². The van der Waals surface area contributed by atoms with Gasteiger partial charge in [0.2, 0.25) is 5.91 Å². The molecule has 3 aliphatic rings. The molecular weight excluding hydrogens is 540 g/mol. The second kappa shape index (κ2) is 11.2. The molecule has 8 nitrogen and oxygen atoms in total. The number of Topliss-reactive ketones (excluding diaryl/α,β-unsaturated/α-hetero) is 1. The molecule has 2 saturated heterocycles. The summed E-state index contributed by atoms with van der Waals surface area (Å²) in [6, 6.07) is 5.44. The van der Waals surface area contributed by atoms with Crippen molar-refractivity contribution in [3.63, 3.8) is 0 Å². The van der Waals surface area contributed by atoms with E-state index in [2.05, 4.69) is 10.3 Å². The van der Waals surface area contributed by atoms with Crippen LogP contribution >= 0.6 is 0 Å². The van der Waals surface area contributed by atoms with Gasteiger partial charge in [0.05, 0.1) is 29.0 Å². The smallest absolute Gasteiger partial charge is 0.256 e. The van der Waals surface area contributed by atoms with Gasteiger partial charge in [-0.05, 0) is 70.7 Å². The lowest BCUT2D eigenvalue weighted by Crippen LogP contribution is -2.53. The number of piperidine rings is 2. The number of hydrogen-bond donors (Lipinski definition) is 1. The van der Waals surface area contributed by atoms with Crippen LogP contribution < -0.4 is 5.32 Å².